The number of ether oxygens (including phenoxy) is 2. The number of hydrogen-bond acceptors (Lipinski definition) is 3. The van der Waals surface area contributed by atoms with Gasteiger partial charge in [-0.05, 0) is 30.5 Å². The summed E-state index contributed by atoms with van der Waals surface area (Å²) in [5.41, 5.74) is 0.989. The lowest BCUT2D eigenvalue weighted by molar-refractivity contribution is -0.123. The van der Waals surface area contributed by atoms with Crippen molar-refractivity contribution >= 4 is 5.78 Å². The van der Waals surface area contributed by atoms with Gasteiger partial charge in [-0.25, -0.2) is 0 Å². The number of hydrogen-bond donors (Lipinski definition) is 0. The molecule has 0 fully saturated rings. The van der Waals surface area contributed by atoms with Crippen molar-refractivity contribution < 1.29 is 14.3 Å². The number of carbonyl (C=O) groups is 1. The molecule has 1 unspecified atom stereocenters. The molecule has 0 aliphatic rings. The van der Waals surface area contributed by atoms with Gasteiger partial charge >= 0.3 is 0 Å². The average molecular weight is 292 g/mol. The quantitative estimate of drug-likeness (QED) is 0.667. The zero-order valence-electron chi connectivity index (χ0n) is 13.9. The second-order valence-corrected chi connectivity index (χ2v) is 5.68. The molecule has 0 radical (unpaired) electrons. The summed E-state index contributed by atoms with van der Waals surface area (Å²) in [5.74, 6) is 1.67. The Morgan fingerprint density at radius 2 is 1.57 bits per heavy atom. The Hall–Kier alpha value is -1.51. The molecule has 118 valence electrons. The standard InChI is InChI=1S/C18H28O3/c1-6-10-20-16-9-8-15(12-17(16)21-11-7-2)14(5)18(19)13(3)4/h8-9,12-14H,6-7,10-11H2,1-5H3. The highest BCUT2D eigenvalue weighted by molar-refractivity contribution is 5.87. The lowest BCUT2D eigenvalue weighted by atomic mass is 9.90. The lowest BCUT2D eigenvalue weighted by Gasteiger charge is -2.17. The average Bonchev–Trinajstić information content (AvgIpc) is 2.49. The number of benzene rings is 1. The molecular weight excluding hydrogens is 264 g/mol. The molecule has 0 saturated carbocycles. The number of carbonyl (C=O) groups excluding carboxylic acids is 1. The summed E-state index contributed by atoms with van der Waals surface area (Å²) in [6, 6.07) is 5.83. The zero-order valence-corrected chi connectivity index (χ0v) is 13.9. The van der Waals surface area contributed by atoms with Crippen LogP contribution in [0.2, 0.25) is 0 Å². The molecule has 1 atom stereocenters. The maximum Gasteiger partial charge on any atom is 0.161 e. The van der Waals surface area contributed by atoms with Gasteiger partial charge in [0.25, 0.3) is 0 Å². The first-order valence-corrected chi connectivity index (χ1v) is 7.94. The van der Waals surface area contributed by atoms with Gasteiger partial charge in [0, 0.05) is 11.8 Å². The van der Waals surface area contributed by atoms with Crippen LogP contribution >= 0.6 is 0 Å². The fraction of sp³-hybridized carbons (Fsp3) is 0.611. The monoisotopic (exact) mass is 292 g/mol. The maximum absolute atomic E-state index is 12.2. The summed E-state index contributed by atoms with van der Waals surface area (Å²) in [6.07, 6.45) is 1.90. The van der Waals surface area contributed by atoms with Crippen LogP contribution in [0.15, 0.2) is 18.2 Å². The predicted molar refractivity (Wildman–Crippen MR) is 86.3 cm³/mol. The van der Waals surface area contributed by atoms with Gasteiger partial charge in [0.2, 0.25) is 0 Å². The Morgan fingerprint density at radius 1 is 1.00 bits per heavy atom. The molecule has 0 saturated heterocycles. The highest BCUT2D eigenvalue weighted by Crippen LogP contribution is 2.32. The SMILES string of the molecule is CCCOc1ccc(C(C)C(=O)C(C)C)cc1OCCC. The number of ketones is 1. The second-order valence-electron chi connectivity index (χ2n) is 5.68. The van der Waals surface area contributed by atoms with Crippen molar-refractivity contribution in [2.24, 2.45) is 5.92 Å². The first kappa shape index (κ1) is 17.5. The molecule has 3 heteroatoms. The van der Waals surface area contributed by atoms with Gasteiger partial charge in [-0.3, -0.25) is 4.79 Å². The number of Topliss-reactive ketones (excluding diaryl/α,β-unsaturated/α-hetero) is 1. The van der Waals surface area contributed by atoms with Gasteiger partial charge in [-0.15, -0.1) is 0 Å². The van der Waals surface area contributed by atoms with Crippen LogP contribution in [0.1, 0.15) is 58.9 Å². The molecule has 0 bridgehead atoms. The van der Waals surface area contributed by atoms with Crippen LogP contribution in [0, 0.1) is 5.92 Å². The van der Waals surface area contributed by atoms with Gasteiger partial charge < -0.3 is 9.47 Å². The molecule has 1 rings (SSSR count). The van der Waals surface area contributed by atoms with Crippen LogP contribution in [0.3, 0.4) is 0 Å². The fourth-order valence-corrected chi connectivity index (χ4v) is 2.11. The van der Waals surface area contributed by atoms with Crippen LogP contribution in [-0.2, 0) is 4.79 Å². The molecule has 0 spiro atoms. The molecular formula is C18H28O3. The summed E-state index contributed by atoms with van der Waals surface area (Å²) in [6.45, 7) is 11.3. The van der Waals surface area contributed by atoms with Gasteiger partial charge in [0.1, 0.15) is 5.78 Å². The van der Waals surface area contributed by atoms with E-state index in [1.54, 1.807) is 0 Å². The van der Waals surface area contributed by atoms with Crippen LogP contribution in [0.4, 0.5) is 0 Å². The highest BCUT2D eigenvalue weighted by atomic mass is 16.5. The Morgan fingerprint density at radius 3 is 2.10 bits per heavy atom. The second kappa shape index (κ2) is 8.71. The third-order valence-corrected chi connectivity index (χ3v) is 3.39. The summed E-state index contributed by atoms with van der Waals surface area (Å²) in [5, 5.41) is 0. The third kappa shape index (κ3) is 5.07. The molecule has 1 aromatic rings. The first-order chi connectivity index (χ1) is 10.0. The van der Waals surface area contributed by atoms with E-state index in [1.807, 2.05) is 39.0 Å². The third-order valence-electron chi connectivity index (χ3n) is 3.39. The Labute approximate surface area is 128 Å². The molecule has 1 aromatic carbocycles. The topological polar surface area (TPSA) is 35.5 Å². The molecule has 21 heavy (non-hydrogen) atoms. The van der Waals surface area contributed by atoms with Crippen molar-refractivity contribution in [3.63, 3.8) is 0 Å². The Bertz CT molecular complexity index is 452. The molecule has 0 aliphatic carbocycles. The largest absolute Gasteiger partial charge is 0.490 e. The molecule has 3 nitrogen and oxygen atoms in total. The summed E-state index contributed by atoms with van der Waals surface area (Å²) in [4.78, 5) is 12.2. The van der Waals surface area contributed by atoms with Crippen molar-refractivity contribution in [3.8, 4) is 11.5 Å². The Kier molecular flexibility index (Phi) is 7.27. The van der Waals surface area contributed by atoms with E-state index in [0.29, 0.717) is 13.2 Å². The van der Waals surface area contributed by atoms with Gasteiger partial charge in [0.15, 0.2) is 11.5 Å². The van der Waals surface area contributed by atoms with E-state index in [4.69, 9.17) is 9.47 Å². The van der Waals surface area contributed by atoms with Crippen molar-refractivity contribution in [1.29, 1.82) is 0 Å². The summed E-state index contributed by atoms with van der Waals surface area (Å²) in [7, 11) is 0. The first-order valence-electron chi connectivity index (χ1n) is 7.94. The van der Waals surface area contributed by atoms with Gasteiger partial charge in [-0.1, -0.05) is 40.7 Å². The van der Waals surface area contributed by atoms with Crippen molar-refractivity contribution in [2.45, 2.75) is 53.4 Å². The van der Waals surface area contributed by atoms with E-state index in [2.05, 4.69) is 13.8 Å². The van der Waals surface area contributed by atoms with Crippen LogP contribution in [0.25, 0.3) is 0 Å². The van der Waals surface area contributed by atoms with Crippen molar-refractivity contribution in [1.82, 2.24) is 0 Å². The van der Waals surface area contributed by atoms with Gasteiger partial charge in [-0.2, -0.15) is 0 Å². The van der Waals surface area contributed by atoms with Crippen molar-refractivity contribution in [2.75, 3.05) is 13.2 Å². The van der Waals surface area contributed by atoms with E-state index in [1.165, 1.54) is 0 Å². The molecule has 0 aliphatic heterocycles. The minimum atomic E-state index is -0.116. The van der Waals surface area contributed by atoms with E-state index >= 15 is 0 Å². The fourth-order valence-electron chi connectivity index (χ4n) is 2.11. The smallest absolute Gasteiger partial charge is 0.161 e. The number of rotatable bonds is 9. The summed E-state index contributed by atoms with van der Waals surface area (Å²) >= 11 is 0. The molecule has 0 N–H and O–H groups in total. The Balaban J connectivity index is 2.99. The van der Waals surface area contributed by atoms with Crippen LogP contribution < -0.4 is 9.47 Å². The van der Waals surface area contributed by atoms with E-state index < -0.39 is 0 Å². The minimum absolute atomic E-state index is 0.0380. The lowest BCUT2D eigenvalue weighted by Crippen LogP contribution is -2.15. The molecule has 0 amide bonds. The van der Waals surface area contributed by atoms with Crippen molar-refractivity contribution in [3.05, 3.63) is 23.8 Å². The van der Waals surface area contributed by atoms with E-state index in [-0.39, 0.29) is 17.6 Å². The van der Waals surface area contributed by atoms with E-state index in [9.17, 15) is 4.79 Å². The summed E-state index contributed by atoms with van der Waals surface area (Å²) < 4.78 is 11.5. The highest BCUT2D eigenvalue weighted by Gasteiger charge is 2.20. The van der Waals surface area contributed by atoms with Crippen LogP contribution in [-0.4, -0.2) is 19.0 Å². The van der Waals surface area contributed by atoms with Gasteiger partial charge in [0.05, 0.1) is 13.2 Å². The minimum Gasteiger partial charge on any atom is -0.490 e. The van der Waals surface area contributed by atoms with Crippen LogP contribution in [0.5, 0.6) is 11.5 Å². The maximum atomic E-state index is 12.2. The predicted octanol–water partition coefficient (Wildman–Crippen LogP) is 4.59. The zero-order chi connectivity index (χ0) is 15.8. The molecule has 0 aromatic heterocycles. The molecule has 0 heterocycles. The normalized spacial score (nSPS) is 12.3. The van der Waals surface area contributed by atoms with E-state index in [0.717, 1.165) is 29.9 Å².